The number of rotatable bonds is 4. The number of anilines is 2. The molecule has 0 aliphatic heterocycles. The van der Waals surface area contributed by atoms with Gasteiger partial charge < -0.3 is 20.5 Å². The summed E-state index contributed by atoms with van der Waals surface area (Å²) in [5.41, 5.74) is 6.76. The molecule has 110 valence electrons. The minimum atomic E-state index is -0.431. The number of nitrogens with two attached hydrogens (primary N) is 1. The van der Waals surface area contributed by atoms with Crippen LogP contribution < -0.4 is 20.5 Å². The molecule has 0 fully saturated rings. The lowest BCUT2D eigenvalue weighted by molar-refractivity contribution is 0.102. The Morgan fingerprint density at radius 1 is 1.33 bits per heavy atom. The van der Waals surface area contributed by atoms with E-state index in [0.29, 0.717) is 22.2 Å². The number of carbonyl (C=O) groups excluding carboxylic acids is 1. The Kier molecular flexibility index (Phi) is 4.49. The van der Waals surface area contributed by atoms with Crippen molar-refractivity contribution < 1.29 is 14.3 Å². The lowest BCUT2D eigenvalue weighted by Gasteiger charge is -2.13. The van der Waals surface area contributed by atoms with Crippen molar-refractivity contribution in [2.75, 3.05) is 25.3 Å². The topological polar surface area (TPSA) is 86.5 Å². The largest absolute Gasteiger partial charge is 0.497 e. The van der Waals surface area contributed by atoms with Gasteiger partial charge in [0, 0.05) is 12.3 Å². The van der Waals surface area contributed by atoms with Crippen LogP contribution in [0.15, 0.2) is 30.6 Å². The van der Waals surface area contributed by atoms with Crippen molar-refractivity contribution in [3.8, 4) is 11.5 Å². The first-order valence-electron chi connectivity index (χ1n) is 5.99. The molecule has 0 radical (unpaired) electrons. The fraction of sp³-hybridized carbons (Fsp3) is 0.143. The fourth-order valence-corrected chi connectivity index (χ4v) is 1.89. The predicted octanol–water partition coefficient (Wildman–Crippen LogP) is 2.59. The molecule has 3 N–H and O–H groups in total. The molecule has 7 heteroatoms. The van der Waals surface area contributed by atoms with E-state index in [1.54, 1.807) is 12.1 Å². The SMILES string of the molecule is COc1cc(OC)c(N)c(C(=O)Nc2cnccc2Cl)c1. The van der Waals surface area contributed by atoms with E-state index in [0.717, 1.165) is 0 Å². The normalized spacial score (nSPS) is 10.0. The van der Waals surface area contributed by atoms with Gasteiger partial charge in [0.25, 0.3) is 5.91 Å². The number of hydrogen-bond donors (Lipinski definition) is 2. The lowest BCUT2D eigenvalue weighted by Crippen LogP contribution is -2.15. The third kappa shape index (κ3) is 3.17. The molecule has 0 saturated carbocycles. The average Bonchev–Trinajstić information content (AvgIpc) is 2.49. The third-order valence-corrected chi connectivity index (χ3v) is 3.16. The number of halogens is 1. The van der Waals surface area contributed by atoms with Gasteiger partial charge in [0.05, 0.1) is 42.4 Å². The molecule has 0 unspecified atom stereocenters. The number of hydrogen-bond acceptors (Lipinski definition) is 5. The molecule has 1 heterocycles. The molecule has 0 bridgehead atoms. The van der Waals surface area contributed by atoms with Crippen LogP contribution >= 0.6 is 11.6 Å². The fourth-order valence-electron chi connectivity index (χ4n) is 1.74. The maximum absolute atomic E-state index is 12.3. The number of nitrogens with zero attached hydrogens (tertiary/aromatic N) is 1. The highest BCUT2D eigenvalue weighted by Crippen LogP contribution is 2.32. The summed E-state index contributed by atoms with van der Waals surface area (Å²) in [5.74, 6) is 0.389. The van der Waals surface area contributed by atoms with E-state index in [1.807, 2.05) is 0 Å². The zero-order valence-corrected chi connectivity index (χ0v) is 12.3. The van der Waals surface area contributed by atoms with E-state index < -0.39 is 5.91 Å². The molecular weight excluding hydrogens is 294 g/mol. The Bertz CT molecular complexity index is 677. The van der Waals surface area contributed by atoms with Crippen molar-refractivity contribution in [3.63, 3.8) is 0 Å². The quantitative estimate of drug-likeness (QED) is 0.848. The average molecular weight is 308 g/mol. The number of benzene rings is 1. The standard InChI is InChI=1S/C14H14ClN3O3/c1-20-8-5-9(13(16)12(6-8)21-2)14(19)18-11-7-17-4-3-10(11)15/h3-7H,16H2,1-2H3,(H,18,19). The number of ether oxygens (including phenoxy) is 2. The molecule has 6 nitrogen and oxygen atoms in total. The summed E-state index contributed by atoms with van der Waals surface area (Å²) in [6, 6.07) is 4.70. The van der Waals surface area contributed by atoms with Crippen LogP contribution in [0.5, 0.6) is 11.5 Å². The molecule has 0 spiro atoms. The Labute approximate surface area is 126 Å². The third-order valence-electron chi connectivity index (χ3n) is 2.83. The molecule has 1 aromatic carbocycles. The lowest BCUT2D eigenvalue weighted by atomic mass is 10.1. The summed E-state index contributed by atoms with van der Waals surface area (Å²) in [4.78, 5) is 16.2. The highest BCUT2D eigenvalue weighted by molar-refractivity contribution is 6.33. The molecule has 21 heavy (non-hydrogen) atoms. The summed E-state index contributed by atoms with van der Waals surface area (Å²) in [6.45, 7) is 0. The van der Waals surface area contributed by atoms with Gasteiger partial charge in [0.15, 0.2) is 0 Å². The zero-order chi connectivity index (χ0) is 15.4. The minimum Gasteiger partial charge on any atom is -0.497 e. The highest BCUT2D eigenvalue weighted by atomic mass is 35.5. The van der Waals surface area contributed by atoms with Crippen LogP contribution in [-0.2, 0) is 0 Å². The van der Waals surface area contributed by atoms with Crippen LogP contribution in [0.2, 0.25) is 5.02 Å². The summed E-state index contributed by atoms with van der Waals surface area (Å²) in [5, 5.41) is 3.03. The van der Waals surface area contributed by atoms with Gasteiger partial charge in [-0.25, -0.2) is 0 Å². The second-order valence-electron chi connectivity index (χ2n) is 4.10. The van der Waals surface area contributed by atoms with Gasteiger partial charge in [0.2, 0.25) is 0 Å². The van der Waals surface area contributed by atoms with Crippen LogP contribution in [0.1, 0.15) is 10.4 Å². The minimum absolute atomic E-state index is 0.218. The van der Waals surface area contributed by atoms with Gasteiger partial charge in [-0.3, -0.25) is 9.78 Å². The van der Waals surface area contributed by atoms with E-state index >= 15 is 0 Å². The highest BCUT2D eigenvalue weighted by Gasteiger charge is 2.17. The number of pyridine rings is 1. The molecule has 2 aromatic rings. The monoisotopic (exact) mass is 307 g/mol. The number of carbonyl (C=O) groups is 1. The van der Waals surface area contributed by atoms with E-state index in [9.17, 15) is 4.79 Å². The van der Waals surface area contributed by atoms with Crippen LogP contribution in [0.4, 0.5) is 11.4 Å². The molecule has 2 rings (SSSR count). The van der Waals surface area contributed by atoms with Crippen molar-refractivity contribution in [2.45, 2.75) is 0 Å². The Morgan fingerprint density at radius 3 is 2.71 bits per heavy atom. The van der Waals surface area contributed by atoms with Gasteiger partial charge in [-0.2, -0.15) is 0 Å². The van der Waals surface area contributed by atoms with Crippen molar-refractivity contribution in [1.82, 2.24) is 4.98 Å². The summed E-state index contributed by atoms with van der Waals surface area (Å²) >= 11 is 5.98. The first-order chi connectivity index (χ1) is 10.1. The molecule has 0 aliphatic carbocycles. The Morgan fingerprint density at radius 2 is 2.10 bits per heavy atom. The molecule has 0 aliphatic rings. The van der Waals surface area contributed by atoms with E-state index in [2.05, 4.69) is 10.3 Å². The second kappa shape index (κ2) is 6.32. The maximum Gasteiger partial charge on any atom is 0.258 e. The summed E-state index contributed by atoms with van der Waals surface area (Å²) in [6.07, 6.45) is 2.98. The Balaban J connectivity index is 2.37. The van der Waals surface area contributed by atoms with Crippen LogP contribution in [0.3, 0.4) is 0 Å². The Hall–Kier alpha value is -2.47. The van der Waals surface area contributed by atoms with Crippen molar-refractivity contribution in [1.29, 1.82) is 0 Å². The molecule has 1 amide bonds. The number of nitrogen functional groups attached to an aromatic ring is 1. The van der Waals surface area contributed by atoms with E-state index in [1.165, 1.54) is 32.7 Å². The van der Waals surface area contributed by atoms with Crippen LogP contribution in [0, 0.1) is 0 Å². The smallest absolute Gasteiger partial charge is 0.258 e. The first-order valence-corrected chi connectivity index (χ1v) is 6.37. The number of amides is 1. The van der Waals surface area contributed by atoms with Crippen molar-refractivity contribution in [2.24, 2.45) is 0 Å². The zero-order valence-electron chi connectivity index (χ0n) is 11.5. The van der Waals surface area contributed by atoms with E-state index in [-0.39, 0.29) is 11.3 Å². The summed E-state index contributed by atoms with van der Waals surface area (Å²) < 4.78 is 10.3. The number of methoxy groups -OCH3 is 2. The van der Waals surface area contributed by atoms with Gasteiger partial charge >= 0.3 is 0 Å². The predicted molar refractivity (Wildman–Crippen MR) is 81.2 cm³/mol. The number of nitrogens with one attached hydrogen (secondary N) is 1. The molecular formula is C14H14ClN3O3. The maximum atomic E-state index is 12.3. The van der Waals surface area contributed by atoms with Gasteiger partial charge in [-0.05, 0) is 12.1 Å². The van der Waals surface area contributed by atoms with Gasteiger partial charge in [-0.15, -0.1) is 0 Å². The first kappa shape index (κ1) is 14.9. The molecule has 0 atom stereocenters. The van der Waals surface area contributed by atoms with Crippen LogP contribution in [0.25, 0.3) is 0 Å². The van der Waals surface area contributed by atoms with Crippen LogP contribution in [-0.4, -0.2) is 25.1 Å². The second-order valence-corrected chi connectivity index (χ2v) is 4.51. The van der Waals surface area contributed by atoms with Gasteiger partial charge in [0.1, 0.15) is 11.5 Å². The van der Waals surface area contributed by atoms with Gasteiger partial charge in [-0.1, -0.05) is 11.6 Å². The van der Waals surface area contributed by atoms with E-state index in [4.69, 9.17) is 26.8 Å². The molecule has 0 saturated heterocycles. The number of aromatic nitrogens is 1. The van der Waals surface area contributed by atoms with Crippen molar-refractivity contribution in [3.05, 3.63) is 41.2 Å². The molecule has 1 aromatic heterocycles. The van der Waals surface area contributed by atoms with Crippen molar-refractivity contribution >= 4 is 28.9 Å². The summed E-state index contributed by atoms with van der Waals surface area (Å²) in [7, 11) is 2.95.